The van der Waals surface area contributed by atoms with Crippen LogP contribution in [0.4, 0.5) is 0 Å². The molecule has 2 fully saturated rings. The van der Waals surface area contributed by atoms with Crippen LogP contribution in [0.15, 0.2) is 57.2 Å². The summed E-state index contributed by atoms with van der Waals surface area (Å²) in [5.74, 6) is 1.64. The maximum atomic E-state index is 13.6. The number of carbonyl (C=O) groups is 1. The second kappa shape index (κ2) is 8.62. The fourth-order valence-electron chi connectivity index (χ4n) is 5.28. The summed E-state index contributed by atoms with van der Waals surface area (Å²) in [5.41, 5.74) is 6.12. The summed E-state index contributed by atoms with van der Waals surface area (Å²) in [6.07, 6.45) is 2.88. The van der Waals surface area contributed by atoms with E-state index in [0.29, 0.717) is 24.8 Å². The lowest BCUT2D eigenvalue weighted by Crippen LogP contribution is -2.32. The minimum atomic E-state index is -0.207. The van der Waals surface area contributed by atoms with Gasteiger partial charge in [-0.2, -0.15) is 4.98 Å². The Kier molecular flexibility index (Phi) is 5.21. The summed E-state index contributed by atoms with van der Waals surface area (Å²) >= 11 is 1.63. The molecule has 1 aliphatic heterocycles. The fourth-order valence-corrected chi connectivity index (χ4v) is 5.94. The van der Waals surface area contributed by atoms with E-state index in [1.54, 1.807) is 22.8 Å². The van der Waals surface area contributed by atoms with Crippen molar-refractivity contribution in [2.45, 2.75) is 32.7 Å². The maximum absolute atomic E-state index is 13.6. The van der Waals surface area contributed by atoms with Crippen molar-refractivity contribution in [3.8, 4) is 22.5 Å². The van der Waals surface area contributed by atoms with Crippen LogP contribution in [0.1, 0.15) is 25.2 Å². The molecule has 2 aromatic carbocycles. The number of rotatable bonds is 5. The third-order valence-corrected chi connectivity index (χ3v) is 8.21. The topological polar surface area (TPSA) is 94.1 Å². The molecule has 8 nitrogen and oxygen atoms in total. The van der Waals surface area contributed by atoms with Gasteiger partial charge in [-0.1, -0.05) is 30.3 Å². The summed E-state index contributed by atoms with van der Waals surface area (Å²) in [5, 5.41) is 0. The standard InChI is InChI=1S/C28H25N5O3S/c1-16-30-24-26(36-16)31-25(33(28(24)35)14-17-10-11-32(13-17)27(34)20-6-7-20)19-4-2-18(3-5-19)21-8-9-23-22(12-21)29-15-37-23/h2-5,8-9,12,15,17,20H,6-7,10-11,13-14H2,1H3/t17-/m1/s1. The molecule has 1 amide bonds. The number of oxazole rings is 1. The number of likely N-dealkylation sites (tertiary alicyclic amines) is 1. The van der Waals surface area contributed by atoms with Gasteiger partial charge in [0.25, 0.3) is 11.3 Å². The van der Waals surface area contributed by atoms with Crippen LogP contribution in [0.25, 0.3) is 44.0 Å². The second-order valence-corrected chi connectivity index (χ2v) is 10.9. The van der Waals surface area contributed by atoms with Crippen LogP contribution in [-0.2, 0) is 11.3 Å². The highest BCUT2D eigenvalue weighted by Crippen LogP contribution is 2.33. The molecule has 4 heterocycles. The Bertz CT molecular complexity index is 1710. The van der Waals surface area contributed by atoms with E-state index in [4.69, 9.17) is 9.40 Å². The third-order valence-electron chi connectivity index (χ3n) is 7.40. The summed E-state index contributed by atoms with van der Waals surface area (Å²) in [7, 11) is 0. The van der Waals surface area contributed by atoms with Crippen molar-refractivity contribution < 1.29 is 9.21 Å². The van der Waals surface area contributed by atoms with Crippen LogP contribution >= 0.6 is 11.3 Å². The molecule has 1 aliphatic carbocycles. The van der Waals surface area contributed by atoms with Gasteiger partial charge in [0.15, 0.2) is 11.4 Å². The average molecular weight is 512 g/mol. The van der Waals surface area contributed by atoms with Crippen molar-refractivity contribution in [2.24, 2.45) is 11.8 Å². The van der Waals surface area contributed by atoms with Crippen LogP contribution in [0, 0.1) is 18.8 Å². The summed E-state index contributed by atoms with van der Waals surface area (Å²) in [6.45, 7) is 3.63. The summed E-state index contributed by atoms with van der Waals surface area (Å²) < 4.78 is 8.53. The van der Waals surface area contributed by atoms with Crippen molar-refractivity contribution in [1.29, 1.82) is 0 Å². The van der Waals surface area contributed by atoms with Gasteiger partial charge in [0.1, 0.15) is 5.82 Å². The monoisotopic (exact) mass is 511 g/mol. The van der Waals surface area contributed by atoms with Gasteiger partial charge >= 0.3 is 0 Å². The van der Waals surface area contributed by atoms with Crippen molar-refractivity contribution in [1.82, 2.24) is 24.4 Å². The van der Waals surface area contributed by atoms with Gasteiger partial charge in [-0.15, -0.1) is 11.3 Å². The number of carbonyl (C=O) groups excluding carboxylic acids is 1. The predicted octanol–water partition coefficient (Wildman–Crippen LogP) is 4.90. The van der Waals surface area contributed by atoms with Gasteiger partial charge in [0, 0.05) is 38.0 Å². The predicted molar refractivity (Wildman–Crippen MR) is 142 cm³/mol. The van der Waals surface area contributed by atoms with E-state index in [-0.39, 0.29) is 34.5 Å². The lowest BCUT2D eigenvalue weighted by atomic mass is 10.0. The highest BCUT2D eigenvalue weighted by atomic mass is 32.1. The molecule has 5 aromatic rings. The fraction of sp³-hybridized carbons (Fsp3) is 0.321. The molecular formula is C28H25N5O3S. The molecule has 0 N–H and O–H groups in total. The number of fused-ring (bicyclic) bond motifs is 2. The van der Waals surface area contributed by atoms with E-state index in [9.17, 15) is 9.59 Å². The van der Waals surface area contributed by atoms with Crippen molar-refractivity contribution in [2.75, 3.05) is 13.1 Å². The van der Waals surface area contributed by atoms with Gasteiger partial charge in [0.05, 0.1) is 15.7 Å². The largest absolute Gasteiger partial charge is 0.422 e. The van der Waals surface area contributed by atoms with Crippen molar-refractivity contribution in [3.05, 3.63) is 64.2 Å². The average Bonchev–Trinajstić information content (AvgIpc) is 3.29. The number of nitrogens with zero attached hydrogens (tertiary/aromatic N) is 5. The molecule has 1 atom stereocenters. The molecule has 0 bridgehead atoms. The zero-order chi connectivity index (χ0) is 25.1. The molecule has 3 aromatic heterocycles. The van der Waals surface area contributed by atoms with E-state index in [0.717, 1.165) is 52.7 Å². The zero-order valence-corrected chi connectivity index (χ0v) is 21.2. The van der Waals surface area contributed by atoms with Crippen LogP contribution in [0.5, 0.6) is 0 Å². The summed E-state index contributed by atoms with van der Waals surface area (Å²) in [4.78, 5) is 41.6. The smallest absolute Gasteiger partial charge is 0.283 e. The van der Waals surface area contributed by atoms with Crippen LogP contribution < -0.4 is 5.56 Å². The number of amides is 1. The second-order valence-electron chi connectivity index (χ2n) is 10.1. The molecule has 0 spiro atoms. The van der Waals surface area contributed by atoms with Crippen molar-refractivity contribution in [3.63, 3.8) is 0 Å². The van der Waals surface area contributed by atoms with Crippen LogP contribution in [0.2, 0.25) is 0 Å². The first kappa shape index (κ1) is 22.4. The Morgan fingerprint density at radius 2 is 1.84 bits per heavy atom. The third kappa shape index (κ3) is 4.03. The van der Waals surface area contributed by atoms with Crippen molar-refractivity contribution >= 4 is 38.7 Å². The number of aromatic nitrogens is 4. The molecule has 37 heavy (non-hydrogen) atoms. The molecule has 0 radical (unpaired) electrons. The van der Waals surface area contributed by atoms with Gasteiger partial charge in [0.2, 0.25) is 5.91 Å². The normalized spacial score (nSPS) is 17.8. The zero-order valence-electron chi connectivity index (χ0n) is 20.4. The Morgan fingerprint density at radius 3 is 2.65 bits per heavy atom. The Labute approximate surface area is 216 Å². The Balaban J connectivity index is 1.24. The first-order chi connectivity index (χ1) is 18.0. The highest BCUT2D eigenvalue weighted by molar-refractivity contribution is 7.16. The van der Waals surface area contributed by atoms with Gasteiger partial charge < -0.3 is 9.32 Å². The lowest BCUT2D eigenvalue weighted by molar-refractivity contribution is -0.131. The van der Waals surface area contributed by atoms with E-state index in [1.165, 1.54) is 0 Å². The number of aryl methyl sites for hydroxylation is 1. The number of hydrogen-bond acceptors (Lipinski definition) is 7. The minimum absolute atomic E-state index is 0.190. The first-order valence-electron chi connectivity index (χ1n) is 12.6. The Morgan fingerprint density at radius 1 is 1.05 bits per heavy atom. The van der Waals surface area contributed by atoms with Crippen LogP contribution in [-0.4, -0.2) is 43.4 Å². The number of thiazole rings is 1. The molecule has 7 rings (SSSR count). The molecule has 1 saturated carbocycles. The molecule has 0 unspecified atom stereocenters. The van der Waals surface area contributed by atoms with E-state index < -0.39 is 0 Å². The van der Waals surface area contributed by atoms with E-state index in [1.807, 2.05) is 34.7 Å². The van der Waals surface area contributed by atoms with Gasteiger partial charge in [-0.3, -0.25) is 14.2 Å². The van der Waals surface area contributed by atoms with Gasteiger partial charge in [-0.25, -0.2) is 9.97 Å². The van der Waals surface area contributed by atoms with Gasteiger partial charge in [-0.05, 0) is 48.4 Å². The summed E-state index contributed by atoms with van der Waals surface area (Å²) in [6, 6.07) is 14.3. The molecular weight excluding hydrogens is 486 g/mol. The Hall–Kier alpha value is -3.85. The van der Waals surface area contributed by atoms with E-state index >= 15 is 0 Å². The molecule has 186 valence electrons. The van der Waals surface area contributed by atoms with Crippen LogP contribution in [0.3, 0.4) is 0 Å². The quantitative estimate of drug-likeness (QED) is 0.333. The molecule has 9 heteroatoms. The SMILES string of the molecule is Cc1nc2c(=O)n(C[C@@H]3CCN(C(=O)C4CC4)C3)c(-c3ccc(-c4ccc5scnc5c4)cc3)nc2o1. The number of benzene rings is 2. The maximum Gasteiger partial charge on any atom is 0.283 e. The number of hydrogen-bond donors (Lipinski definition) is 0. The minimum Gasteiger partial charge on any atom is -0.422 e. The molecule has 1 saturated heterocycles. The van der Waals surface area contributed by atoms with E-state index in [2.05, 4.69) is 28.2 Å². The first-order valence-corrected chi connectivity index (χ1v) is 13.5. The lowest BCUT2D eigenvalue weighted by Gasteiger charge is -2.18. The highest BCUT2D eigenvalue weighted by Gasteiger charge is 2.37. The molecule has 2 aliphatic rings.